The Morgan fingerprint density at radius 1 is 1.58 bits per heavy atom. The van der Waals surface area contributed by atoms with E-state index < -0.39 is 5.54 Å². The summed E-state index contributed by atoms with van der Waals surface area (Å²) in [6.07, 6.45) is 1.89. The normalized spacial score (nSPS) is 31.0. The van der Waals surface area contributed by atoms with Crippen molar-refractivity contribution in [3.05, 3.63) is 22.4 Å². The van der Waals surface area contributed by atoms with Gasteiger partial charge in [0.05, 0.1) is 12.6 Å². The number of rotatable bonds is 3. The van der Waals surface area contributed by atoms with Crippen LogP contribution in [0.4, 0.5) is 4.79 Å². The molecule has 5 nitrogen and oxygen atoms in total. The first-order chi connectivity index (χ1) is 9.11. The smallest absolute Gasteiger partial charge is 0.325 e. The van der Waals surface area contributed by atoms with Gasteiger partial charge in [-0.05, 0) is 31.2 Å². The largest absolute Gasteiger partial charge is 0.376 e. The third-order valence-electron chi connectivity index (χ3n) is 3.70. The van der Waals surface area contributed by atoms with Gasteiger partial charge in [0.2, 0.25) is 0 Å². The summed E-state index contributed by atoms with van der Waals surface area (Å²) in [6, 6.07) is 3.43. The van der Waals surface area contributed by atoms with Crippen LogP contribution < -0.4 is 5.32 Å². The van der Waals surface area contributed by atoms with Crippen LogP contribution in [0.2, 0.25) is 0 Å². The molecule has 3 heterocycles. The summed E-state index contributed by atoms with van der Waals surface area (Å²) in [5.41, 5.74) is -0.927. The van der Waals surface area contributed by atoms with Gasteiger partial charge in [0, 0.05) is 11.5 Å². The van der Waals surface area contributed by atoms with Gasteiger partial charge in [0.15, 0.2) is 5.54 Å². The van der Waals surface area contributed by atoms with Crippen molar-refractivity contribution in [1.29, 1.82) is 0 Å². The number of carbonyl (C=O) groups excluding carboxylic acids is 2. The molecule has 3 rings (SSSR count). The number of hydrogen-bond acceptors (Lipinski definition) is 4. The number of carbonyl (C=O) groups is 2. The molecule has 2 atom stereocenters. The molecular formula is C13H16N2O3S. The highest BCUT2D eigenvalue weighted by atomic mass is 32.1. The number of hydrogen-bond donors (Lipinski definition) is 1. The van der Waals surface area contributed by atoms with E-state index in [1.165, 1.54) is 16.2 Å². The second-order valence-electron chi connectivity index (χ2n) is 5.08. The SMILES string of the molecule is CC1(c2cccs2)NC(=O)N(CC2CCCO2)C1=O. The predicted molar refractivity (Wildman–Crippen MR) is 70.9 cm³/mol. The molecular weight excluding hydrogens is 264 g/mol. The van der Waals surface area contributed by atoms with Crippen LogP contribution in [0.25, 0.3) is 0 Å². The fourth-order valence-corrected chi connectivity index (χ4v) is 3.42. The maximum absolute atomic E-state index is 12.5. The Morgan fingerprint density at radius 3 is 3.05 bits per heavy atom. The molecule has 0 spiro atoms. The van der Waals surface area contributed by atoms with Gasteiger partial charge in [-0.1, -0.05) is 6.07 Å². The van der Waals surface area contributed by atoms with E-state index in [0.29, 0.717) is 6.54 Å². The number of nitrogens with one attached hydrogen (secondary N) is 1. The van der Waals surface area contributed by atoms with Gasteiger partial charge in [-0.15, -0.1) is 11.3 Å². The van der Waals surface area contributed by atoms with Crippen molar-refractivity contribution in [3.63, 3.8) is 0 Å². The minimum absolute atomic E-state index is 0.0135. The number of thiophene rings is 1. The lowest BCUT2D eigenvalue weighted by molar-refractivity contribution is -0.132. The molecule has 0 aliphatic carbocycles. The third-order valence-corrected chi connectivity index (χ3v) is 4.79. The fraction of sp³-hybridized carbons (Fsp3) is 0.538. The monoisotopic (exact) mass is 280 g/mol. The standard InChI is InChI=1S/C13H16N2O3S/c1-13(10-5-3-7-19-10)11(16)15(12(17)14-13)8-9-4-2-6-18-9/h3,5,7,9H,2,4,6,8H2,1H3,(H,14,17). The average Bonchev–Trinajstić information content (AvgIpc) is 3.09. The zero-order valence-corrected chi connectivity index (χ0v) is 11.5. The number of urea groups is 1. The summed E-state index contributed by atoms with van der Waals surface area (Å²) in [5.74, 6) is -0.185. The van der Waals surface area contributed by atoms with E-state index in [9.17, 15) is 9.59 Å². The lowest BCUT2D eigenvalue weighted by Crippen LogP contribution is -2.41. The number of nitrogens with zero attached hydrogens (tertiary/aromatic N) is 1. The fourth-order valence-electron chi connectivity index (χ4n) is 2.58. The first-order valence-electron chi connectivity index (χ1n) is 6.41. The molecule has 0 aromatic carbocycles. The highest BCUT2D eigenvalue weighted by Crippen LogP contribution is 2.32. The number of imide groups is 1. The Hall–Kier alpha value is -1.40. The number of amides is 3. The highest BCUT2D eigenvalue weighted by Gasteiger charge is 2.50. The molecule has 6 heteroatoms. The molecule has 1 N–H and O–H groups in total. The van der Waals surface area contributed by atoms with Crippen molar-refractivity contribution in [2.75, 3.05) is 13.2 Å². The maximum atomic E-state index is 12.5. The molecule has 2 fully saturated rings. The molecule has 2 unspecified atom stereocenters. The van der Waals surface area contributed by atoms with Crippen molar-refractivity contribution in [1.82, 2.24) is 10.2 Å². The Labute approximate surface area is 115 Å². The summed E-state index contributed by atoms with van der Waals surface area (Å²) in [7, 11) is 0. The zero-order valence-electron chi connectivity index (χ0n) is 10.7. The van der Waals surface area contributed by atoms with Crippen LogP contribution in [0.1, 0.15) is 24.6 Å². The zero-order chi connectivity index (χ0) is 13.5. The van der Waals surface area contributed by atoms with E-state index >= 15 is 0 Å². The van der Waals surface area contributed by atoms with Gasteiger partial charge in [-0.2, -0.15) is 0 Å². The van der Waals surface area contributed by atoms with Crippen molar-refractivity contribution in [3.8, 4) is 0 Å². The van der Waals surface area contributed by atoms with E-state index in [1.807, 2.05) is 17.5 Å². The predicted octanol–water partition coefficient (Wildman–Crippen LogP) is 1.69. The van der Waals surface area contributed by atoms with Gasteiger partial charge in [-0.25, -0.2) is 4.79 Å². The van der Waals surface area contributed by atoms with Crippen LogP contribution in [-0.2, 0) is 15.1 Å². The first-order valence-corrected chi connectivity index (χ1v) is 7.29. The van der Waals surface area contributed by atoms with Crippen LogP contribution in [0.3, 0.4) is 0 Å². The lowest BCUT2D eigenvalue weighted by Gasteiger charge is -2.21. The molecule has 3 amide bonds. The van der Waals surface area contributed by atoms with Crippen LogP contribution >= 0.6 is 11.3 Å². The van der Waals surface area contributed by atoms with E-state index in [-0.39, 0.29) is 18.0 Å². The van der Waals surface area contributed by atoms with Gasteiger partial charge >= 0.3 is 6.03 Å². The summed E-state index contributed by atoms with van der Waals surface area (Å²) >= 11 is 1.48. The second-order valence-corrected chi connectivity index (χ2v) is 6.03. The topological polar surface area (TPSA) is 58.6 Å². The van der Waals surface area contributed by atoms with E-state index in [0.717, 1.165) is 24.3 Å². The molecule has 2 aliphatic heterocycles. The summed E-state index contributed by atoms with van der Waals surface area (Å²) in [5, 5.41) is 4.70. The lowest BCUT2D eigenvalue weighted by atomic mass is 10.0. The summed E-state index contributed by atoms with van der Waals surface area (Å²) in [6.45, 7) is 2.83. The quantitative estimate of drug-likeness (QED) is 0.857. The molecule has 102 valence electrons. The second kappa shape index (κ2) is 4.61. The van der Waals surface area contributed by atoms with Crippen molar-refractivity contribution in [2.24, 2.45) is 0 Å². The highest BCUT2D eigenvalue weighted by molar-refractivity contribution is 7.10. The van der Waals surface area contributed by atoms with Gasteiger partial charge in [0.1, 0.15) is 0 Å². The Balaban J connectivity index is 1.80. The molecule has 1 aromatic rings. The minimum Gasteiger partial charge on any atom is -0.376 e. The minimum atomic E-state index is -0.927. The van der Waals surface area contributed by atoms with E-state index in [2.05, 4.69) is 5.32 Å². The molecule has 0 saturated carbocycles. The van der Waals surface area contributed by atoms with Crippen LogP contribution in [-0.4, -0.2) is 36.1 Å². The third kappa shape index (κ3) is 2.04. The van der Waals surface area contributed by atoms with Crippen molar-refractivity contribution in [2.45, 2.75) is 31.4 Å². The van der Waals surface area contributed by atoms with Gasteiger partial charge < -0.3 is 10.1 Å². The van der Waals surface area contributed by atoms with Crippen molar-refractivity contribution < 1.29 is 14.3 Å². The molecule has 2 aliphatic rings. The van der Waals surface area contributed by atoms with Gasteiger partial charge in [0.25, 0.3) is 5.91 Å². The van der Waals surface area contributed by atoms with Crippen LogP contribution in [0.15, 0.2) is 17.5 Å². The number of ether oxygens (including phenoxy) is 1. The Kier molecular flexibility index (Phi) is 3.06. The molecule has 1 aromatic heterocycles. The molecule has 2 saturated heterocycles. The van der Waals surface area contributed by atoms with Crippen LogP contribution in [0.5, 0.6) is 0 Å². The summed E-state index contributed by atoms with van der Waals surface area (Å²) < 4.78 is 5.50. The Bertz CT molecular complexity index is 496. The summed E-state index contributed by atoms with van der Waals surface area (Å²) in [4.78, 5) is 26.7. The van der Waals surface area contributed by atoms with E-state index in [1.54, 1.807) is 6.92 Å². The molecule has 0 bridgehead atoms. The van der Waals surface area contributed by atoms with Crippen molar-refractivity contribution >= 4 is 23.3 Å². The van der Waals surface area contributed by atoms with Crippen LogP contribution in [0, 0.1) is 0 Å². The first kappa shape index (κ1) is 12.6. The maximum Gasteiger partial charge on any atom is 0.325 e. The molecule has 19 heavy (non-hydrogen) atoms. The average molecular weight is 280 g/mol. The van der Waals surface area contributed by atoms with Gasteiger partial charge in [-0.3, -0.25) is 9.69 Å². The Morgan fingerprint density at radius 2 is 2.42 bits per heavy atom. The van der Waals surface area contributed by atoms with E-state index in [4.69, 9.17) is 4.74 Å². The molecule has 0 radical (unpaired) electrons.